The van der Waals surface area contributed by atoms with Crippen molar-refractivity contribution in [1.29, 1.82) is 0 Å². The monoisotopic (exact) mass is 474 g/mol. The first-order valence-corrected chi connectivity index (χ1v) is 12.3. The van der Waals surface area contributed by atoms with Crippen LogP contribution < -0.4 is 10.3 Å². The van der Waals surface area contributed by atoms with Crippen molar-refractivity contribution in [3.8, 4) is 11.4 Å². The zero-order chi connectivity index (χ0) is 23.1. The van der Waals surface area contributed by atoms with E-state index in [4.69, 9.17) is 16.3 Å². The van der Waals surface area contributed by atoms with Crippen molar-refractivity contribution >= 4 is 22.5 Å². The van der Waals surface area contributed by atoms with E-state index >= 15 is 0 Å². The largest absolute Gasteiger partial charge is 0.487 e. The van der Waals surface area contributed by atoms with Gasteiger partial charge in [0.15, 0.2) is 0 Å². The molecular weight excluding hydrogens is 448 g/mol. The van der Waals surface area contributed by atoms with Crippen LogP contribution in [0.2, 0.25) is 5.02 Å². The van der Waals surface area contributed by atoms with E-state index in [0.717, 1.165) is 43.4 Å². The molecule has 2 aliphatic rings. The molecule has 1 aliphatic carbocycles. The Balaban J connectivity index is 1.19. The molecule has 0 unspecified atom stereocenters. The molecule has 1 aliphatic heterocycles. The first-order valence-electron chi connectivity index (χ1n) is 11.9. The molecule has 6 nitrogen and oxygen atoms in total. The normalized spacial score (nSPS) is 16.4. The van der Waals surface area contributed by atoms with Gasteiger partial charge in [0.25, 0.3) is 5.56 Å². The highest BCUT2D eigenvalue weighted by Crippen LogP contribution is 2.31. The Morgan fingerprint density at radius 1 is 1.03 bits per heavy atom. The summed E-state index contributed by atoms with van der Waals surface area (Å²) in [5.41, 5.74) is 4.12. The summed E-state index contributed by atoms with van der Waals surface area (Å²) in [6.45, 7) is 4.81. The van der Waals surface area contributed by atoms with E-state index in [1.807, 2.05) is 18.2 Å². The molecule has 3 aromatic heterocycles. The quantitative estimate of drug-likeness (QED) is 0.407. The second-order valence-corrected chi connectivity index (χ2v) is 9.79. The summed E-state index contributed by atoms with van der Waals surface area (Å²) >= 11 is 5.87. The van der Waals surface area contributed by atoms with Crippen molar-refractivity contribution in [2.24, 2.45) is 5.92 Å². The summed E-state index contributed by atoms with van der Waals surface area (Å²) in [6.07, 6.45) is 7.23. The van der Waals surface area contributed by atoms with Gasteiger partial charge < -0.3 is 14.2 Å². The maximum absolute atomic E-state index is 12.8. The van der Waals surface area contributed by atoms with Gasteiger partial charge in [0.1, 0.15) is 12.4 Å². The van der Waals surface area contributed by atoms with Crippen molar-refractivity contribution in [3.63, 3.8) is 0 Å². The van der Waals surface area contributed by atoms with Crippen molar-refractivity contribution < 1.29 is 4.74 Å². The SMILES string of the molecule is O=c1cc(OCc2ccc(Cl)cn2)ccn1-c1ccc2c(c1)cc1n2CCN(CC2CC2)CC1. The lowest BCUT2D eigenvalue weighted by Gasteiger charge is -2.19. The number of benzene rings is 1. The van der Waals surface area contributed by atoms with Crippen LogP contribution in [0.1, 0.15) is 24.2 Å². The van der Waals surface area contributed by atoms with E-state index in [2.05, 4.69) is 32.7 Å². The van der Waals surface area contributed by atoms with Crippen LogP contribution in [0.4, 0.5) is 0 Å². The average molecular weight is 475 g/mol. The number of fused-ring (bicyclic) bond motifs is 3. The van der Waals surface area contributed by atoms with E-state index < -0.39 is 0 Å². The number of aromatic nitrogens is 3. The van der Waals surface area contributed by atoms with Gasteiger partial charge in [0.05, 0.1) is 10.7 Å². The fraction of sp³-hybridized carbons (Fsp3) is 0.333. The molecule has 0 N–H and O–H groups in total. The molecule has 0 amide bonds. The molecule has 1 fully saturated rings. The summed E-state index contributed by atoms with van der Waals surface area (Å²) < 4.78 is 9.87. The van der Waals surface area contributed by atoms with Crippen molar-refractivity contribution in [2.45, 2.75) is 32.4 Å². The third-order valence-electron chi connectivity index (χ3n) is 6.85. The third-order valence-corrected chi connectivity index (χ3v) is 7.08. The number of halogens is 1. The van der Waals surface area contributed by atoms with Gasteiger partial charge in [0.2, 0.25) is 0 Å². The number of hydrogen-bond acceptors (Lipinski definition) is 4. The Labute approximate surface area is 203 Å². The Hall–Kier alpha value is -3.09. The van der Waals surface area contributed by atoms with Crippen LogP contribution in [0.5, 0.6) is 5.75 Å². The van der Waals surface area contributed by atoms with Gasteiger partial charge >= 0.3 is 0 Å². The molecule has 0 radical (unpaired) electrons. The highest BCUT2D eigenvalue weighted by Gasteiger charge is 2.25. The van der Waals surface area contributed by atoms with Gasteiger partial charge in [-0.25, -0.2) is 0 Å². The van der Waals surface area contributed by atoms with Crippen molar-refractivity contribution in [2.75, 3.05) is 19.6 Å². The molecule has 1 saturated carbocycles. The first kappa shape index (κ1) is 21.4. The molecule has 0 saturated heterocycles. The smallest absolute Gasteiger partial charge is 0.258 e. The zero-order valence-electron chi connectivity index (χ0n) is 19.0. The van der Waals surface area contributed by atoms with Crippen molar-refractivity contribution in [1.82, 2.24) is 19.0 Å². The fourth-order valence-corrected chi connectivity index (χ4v) is 4.94. The highest BCUT2D eigenvalue weighted by atomic mass is 35.5. The Kier molecular flexibility index (Phi) is 5.63. The summed E-state index contributed by atoms with van der Waals surface area (Å²) in [4.78, 5) is 19.7. The predicted octanol–water partition coefficient (Wildman–Crippen LogP) is 4.69. The molecule has 1 aromatic carbocycles. The Bertz CT molecular complexity index is 1390. The number of nitrogens with zero attached hydrogens (tertiary/aromatic N) is 4. The lowest BCUT2D eigenvalue weighted by molar-refractivity contribution is 0.269. The second-order valence-electron chi connectivity index (χ2n) is 9.35. The second kappa shape index (κ2) is 8.93. The van der Waals surface area contributed by atoms with Crippen molar-refractivity contribution in [3.05, 3.63) is 87.7 Å². The van der Waals surface area contributed by atoms with Gasteiger partial charge in [-0.1, -0.05) is 11.6 Å². The Morgan fingerprint density at radius 2 is 1.94 bits per heavy atom. The topological polar surface area (TPSA) is 52.3 Å². The molecule has 174 valence electrons. The number of rotatable bonds is 6. The highest BCUT2D eigenvalue weighted by molar-refractivity contribution is 6.30. The number of ether oxygens (including phenoxy) is 1. The van der Waals surface area contributed by atoms with Crippen LogP contribution in [0, 0.1) is 5.92 Å². The van der Waals surface area contributed by atoms with E-state index in [1.165, 1.54) is 42.0 Å². The maximum Gasteiger partial charge on any atom is 0.258 e. The third kappa shape index (κ3) is 4.48. The molecule has 7 heteroatoms. The minimum atomic E-state index is -0.127. The van der Waals surface area contributed by atoms with Crippen LogP contribution in [-0.4, -0.2) is 38.7 Å². The van der Waals surface area contributed by atoms with E-state index in [-0.39, 0.29) is 12.2 Å². The van der Waals surface area contributed by atoms with Crippen LogP contribution in [-0.2, 0) is 19.6 Å². The maximum atomic E-state index is 12.8. The Morgan fingerprint density at radius 3 is 2.74 bits per heavy atom. The summed E-state index contributed by atoms with van der Waals surface area (Å²) in [5, 5.41) is 1.77. The lowest BCUT2D eigenvalue weighted by Crippen LogP contribution is -2.29. The molecule has 6 rings (SSSR count). The average Bonchev–Trinajstić information content (AvgIpc) is 3.62. The molecule has 34 heavy (non-hydrogen) atoms. The van der Waals surface area contributed by atoms with Gasteiger partial charge in [-0.3, -0.25) is 14.3 Å². The minimum absolute atomic E-state index is 0.127. The van der Waals surface area contributed by atoms with Gasteiger partial charge in [-0.15, -0.1) is 0 Å². The standard InChI is InChI=1S/C27H27ClN4O2/c28-21-3-4-22(29-16-21)18-34-25-8-10-32(27(33)15-25)23-5-6-26-20(13-23)14-24-7-9-30(11-12-31(24)26)17-19-1-2-19/h3-6,8,10,13-16,19H,1-2,7,9,11-12,17-18H2. The summed E-state index contributed by atoms with van der Waals surface area (Å²) in [5.74, 6) is 1.45. The van der Waals surface area contributed by atoms with Crippen LogP contribution in [0.25, 0.3) is 16.6 Å². The lowest BCUT2D eigenvalue weighted by atomic mass is 10.2. The van der Waals surface area contributed by atoms with Gasteiger partial charge in [-0.05, 0) is 61.2 Å². The van der Waals surface area contributed by atoms with Crippen LogP contribution in [0.3, 0.4) is 0 Å². The number of hydrogen-bond donors (Lipinski definition) is 0. The van der Waals surface area contributed by atoms with E-state index in [1.54, 1.807) is 23.0 Å². The number of pyridine rings is 2. The van der Waals surface area contributed by atoms with Gasteiger partial charge in [0, 0.05) is 73.3 Å². The minimum Gasteiger partial charge on any atom is -0.487 e. The first-order chi connectivity index (χ1) is 16.6. The fourth-order valence-electron chi connectivity index (χ4n) is 4.82. The van der Waals surface area contributed by atoms with E-state index in [0.29, 0.717) is 10.8 Å². The summed E-state index contributed by atoms with van der Waals surface area (Å²) in [6, 6.07) is 15.5. The summed E-state index contributed by atoms with van der Waals surface area (Å²) in [7, 11) is 0. The molecular formula is C27H27ClN4O2. The molecule has 4 aromatic rings. The predicted molar refractivity (Wildman–Crippen MR) is 134 cm³/mol. The van der Waals surface area contributed by atoms with Gasteiger partial charge in [-0.2, -0.15) is 0 Å². The molecule has 0 bridgehead atoms. The molecule has 0 atom stereocenters. The molecule has 4 heterocycles. The van der Waals surface area contributed by atoms with Crippen LogP contribution in [0.15, 0.2) is 65.7 Å². The van der Waals surface area contributed by atoms with Crippen LogP contribution >= 0.6 is 11.6 Å². The van der Waals surface area contributed by atoms with E-state index in [9.17, 15) is 4.79 Å². The molecule has 0 spiro atoms. The zero-order valence-corrected chi connectivity index (χ0v) is 19.7.